The Labute approximate surface area is 202 Å². The molecule has 1 aromatic carbocycles. The first kappa shape index (κ1) is 22.4. The third-order valence-electron chi connectivity index (χ3n) is 9.99. The van der Waals surface area contributed by atoms with Crippen molar-refractivity contribution in [1.29, 1.82) is 0 Å². The highest BCUT2D eigenvalue weighted by molar-refractivity contribution is 5.95. The predicted octanol–water partition coefficient (Wildman–Crippen LogP) is 4.58. The molecule has 2 aliphatic carbocycles. The van der Waals surface area contributed by atoms with Crippen LogP contribution in [0.25, 0.3) is 0 Å². The molecule has 1 aromatic rings. The van der Waals surface area contributed by atoms with Crippen LogP contribution in [-0.4, -0.2) is 54.2 Å². The zero-order valence-corrected chi connectivity index (χ0v) is 20.1. The van der Waals surface area contributed by atoms with Crippen LogP contribution in [-0.2, 0) is 16.0 Å². The number of likely N-dealkylation sites (tertiary alicyclic amines) is 1. The molecule has 3 aliphatic heterocycles. The Kier molecular flexibility index (Phi) is 5.83. The van der Waals surface area contributed by atoms with E-state index in [1.807, 2.05) is 6.07 Å². The van der Waals surface area contributed by atoms with E-state index in [2.05, 4.69) is 16.3 Å². The molecule has 1 spiro atoms. The number of nitrogens with zero attached hydrogens (tertiary/aromatic N) is 1. The van der Waals surface area contributed by atoms with Crippen molar-refractivity contribution in [1.82, 2.24) is 4.90 Å². The van der Waals surface area contributed by atoms with Gasteiger partial charge in [0.05, 0.1) is 11.3 Å². The number of nitrogens with one attached hydrogen (secondary N) is 1. The van der Waals surface area contributed by atoms with Gasteiger partial charge in [0.25, 0.3) is 5.91 Å². The van der Waals surface area contributed by atoms with Crippen LogP contribution in [0.1, 0.15) is 73.7 Å². The molecule has 0 radical (unpaired) electrons. The van der Waals surface area contributed by atoms with Gasteiger partial charge in [0, 0.05) is 26.2 Å². The number of aromatic carboxylic acids is 1. The number of carboxylic acids is 1. The first-order chi connectivity index (χ1) is 16.5. The summed E-state index contributed by atoms with van der Waals surface area (Å²) in [6.07, 6.45) is 11.8. The molecule has 34 heavy (non-hydrogen) atoms. The fraction of sp³-hybridized carbons (Fsp3) is 0.714. The van der Waals surface area contributed by atoms with Crippen LogP contribution in [0.5, 0.6) is 0 Å². The molecule has 2 N–H and O–H groups in total. The van der Waals surface area contributed by atoms with E-state index >= 15 is 0 Å². The molecule has 1 unspecified atom stereocenters. The molecule has 184 valence electrons. The van der Waals surface area contributed by atoms with Crippen LogP contribution >= 0.6 is 0 Å². The van der Waals surface area contributed by atoms with Gasteiger partial charge < -0.3 is 20.1 Å². The highest BCUT2D eigenvalue weighted by Gasteiger charge is 2.58. The molecule has 5 aliphatic rings. The van der Waals surface area contributed by atoms with Crippen LogP contribution in [0.3, 0.4) is 0 Å². The van der Waals surface area contributed by atoms with E-state index in [0.717, 1.165) is 68.9 Å². The Balaban J connectivity index is 0.994. The Morgan fingerprint density at radius 2 is 1.79 bits per heavy atom. The minimum absolute atomic E-state index is 0.170. The van der Waals surface area contributed by atoms with Crippen molar-refractivity contribution >= 4 is 17.6 Å². The summed E-state index contributed by atoms with van der Waals surface area (Å²) in [7, 11) is 0. The smallest absolute Gasteiger partial charge is 0.337 e. The number of rotatable bonds is 4. The number of ether oxygens (including phenoxy) is 1. The molecule has 2 saturated carbocycles. The lowest BCUT2D eigenvalue weighted by atomic mass is 9.70. The SMILES string of the molecule is O=C(O)c1cccc2c1NCC(C1CCC([C@@H]3CC34CCN(C(=O)[C@H]3CCCO3)CC4)CC1)C2. The van der Waals surface area contributed by atoms with Crippen molar-refractivity contribution in [3.63, 3.8) is 0 Å². The van der Waals surface area contributed by atoms with Crippen molar-refractivity contribution in [3.05, 3.63) is 29.3 Å². The molecule has 6 nitrogen and oxygen atoms in total. The number of hydrogen-bond acceptors (Lipinski definition) is 4. The Hall–Kier alpha value is -2.08. The molecular weight excluding hydrogens is 428 g/mol. The lowest BCUT2D eigenvalue weighted by Crippen LogP contribution is -2.44. The Bertz CT molecular complexity index is 940. The normalized spacial score (nSPS) is 34.4. The van der Waals surface area contributed by atoms with Gasteiger partial charge in [-0.3, -0.25) is 4.79 Å². The second-order valence-corrected chi connectivity index (χ2v) is 11.7. The van der Waals surface area contributed by atoms with Crippen LogP contribution in [0.4, 0.5) is 5.69 Å². The van der Waals surface area contributed by atoms with Gasteiger partial charge in [0.2, 0.25) is 0 Å². The second kappa shape index (κ2) is 8.85. The van der Waals surface area contributed by atoms with Crippen LogP contribution < -0.4 is 5.32 Å². The maximum Gasteiger partial charge on any atom is 0.337 e. The monoisotopic (exact) mass is 466 g/mol. The lowest BCUT2D eigenvalue weighted by Gasteiger charge is -2.39. The summed E-state index contributed by atoms with van der Waals surface area (Å²) in [4.78, 5) is 26.3. The average molecular weight is 467 g/mol. The maximum atomic E-state index is 12.7. The van der Waals surface area contributed by atoms with E-state index < -0.39 is 5.97 Å². The summed E-state index contributed by atoms with van der Waals surface area (Å²) in [5.41, 5.74) is 2.93. The topological polar surface area (TPSA) is 78.9 Å². The lowest BCUT2D eigenvalue weighted by molar-refractivity contribution is -0.142. The number of carboxylic acid groups (broad SMARTS) is 1. The summed E-state index contributed by atoms with van der Waals surface area (Å²) in [6.45, 7) is 3.49. The first-order valence-electron chi connectivity index (χ1n) is 13.5. The fourth-order valence-corrected chi connectivity index (χ4v) is 7.87. The molecule has 0 bridgehead atoms. The molecule has 3 atom stereocenters. The fourth-order valence-electron chi connectivity index (χ4n) is 7.87. The summed E-state index contributed by atoms with van der Waals surface area (Å²) in [5, 5.41) is 12.9. The van der Waals surface area contributed by atoms with Crippen molar-refractivity contribution < 1.29 is 19.4 Å². The predicted molar refractivity (Wildman–Crippen MR) is 130 cm³/mol. The van der Waals surface area contributed by atoms with Gasteiger partial charge in [0.1, 0.15) is 6.10 Å². The molecule has 2 saturated heterocycles. The van der Waals surface area contributed by atoms with Crippen LogP contribution in [0.2, 0.25) is 0 Å². The first-order valence-corrected chi connectivity index (χ1v) is 13.5. The van der Waals surface area contributed by atoms with E-state index in [4.69, 9.17) is 4.74 Å². The summed E-state index contributed by atoms with van der Waals surface area (Å²) >= 11 is 0. The van der Waals surface area contributed by atoms with Gasteiger partial charge >= 0.3 is 5.97 Å². The zero-order chi connectivity index (χ0) is 23.3. The number of hydrogen-bond donors (Lipinski definition) is 2. The highest BCUT2D eigenvalue weighted by Crippen LogP contribution is 2.65. The summed E-state index contributed by atoms with van der Waals surface area (Å²) in [6, 6.07) is 5.68. The number of anilines is 1. The standard InChI is InChI=1S/C28H38N2O4/c31-26(24-5-2-14-34-24)30-12-10-28(11-13-30)16-23(28)19-8-6-18(7-9-19)21-15-20-3-1-4-22(27(32)33)25(20)29-17-21/h1,3-4,18-19,21,23-24,29H,2,5-17H2,(H,32,33)/t18?,19?,21?,23-,24+/m0/s1. The van der Waals surface area contributed by atoms with Gasteiger partial charge in [-0.05, 0) is 105 Å². The minimum atomic E-state index is -0.844. The quantitative estimate of drug-likeness (QED) is 0.679. The van der Waals surface area contributed by atoms with Crippen molar-refractivity contribution in [2.45, 2.75) is 70.3 Å². The van der Waals surface area contributed by atoms with Crippen molar-refractivity contribution in [2.75, 3.05) is 31.6 Å². The second-order valence-electron chi connectivity index (χ2n) is 11.7. The highest BCUT2D eigenvalue weighted by atomic mass is 16.5. The molecule has 6 heteroatoms. The van der Waals surface area contributed by atoms with Crippen molar-refractivity contribution in [3.8, 4) is 0 Å². The van der Waals surface area contributed by atoms with E-state index in [1.165, 1.54) is 50.5 Å². The number of carbonyl (C=O) groups excluding carboxylic acids is 1. The number of para-hydroxylation sites is 1. The third-order valence-corrected chi connectivity index (χ3v) is 9.99. The van der Waals surface area contributed by atoms with Gasteiger partial charge in [-0.2, -0.15) is 0 Å². The number of carbonyl (C=O) groups is 2. The molecule has 1 amide bonds. The average Bonchev–Trinajstić information content (AvgIpc) is 3.28. The summed E-state index contributed by atoms with van der Waals surface area (Å²) < 4.78 is 5.63. The van der Waals surface area contributed by atoms with Gasteiger partial charge in [0.15, 0.2) is 0 Å². The van der Waals surface area contributed by atoms with Crippen molar-refractivity contribution in [2.24, 2.45) is 29.1 Å². The Morgan fingerprint density at radius 3 is 2.50 bits per heavy atom. The number of benzene rings is 1. The summed E-state index contributed by atoms with van der Waals surface area (Å²) in [5.74, 6) is 2.48. The van der Waals surface area contributed by atoms with Gasteiger partial charge in [-0.1, -0.05) is 12.1 Å². The van der Waals surface area contributed by atoms with Gasteiger partial charge in [-0.25, -0.2) is 4.79 Å². The Morgan fingerprint density at radius 1 is 1.03 bits per heavy atom. The van der Waals surface area contributed by atoms with E-state index in [9.17, 15) is 14.7 Å². The number of fused-ring (bicyclic) bond motifs is 1. The maximum absolute atomic E-state index is 12.7. The molecule has 0 aromatic heterocycles. The van der Waals surface area contributed by atoms with Crippen LogP contribution in [0, 0.1) is 29.1 Å². The van der Waals surface area contributed by atoms with E-state index in [0.29, 0.717) is 16.9 Å². The largest absolute Gasteiger partial charge is 0.478 e. The zero-order valence-electron chi connectivity index (χ0n) is 20.1. The van der Waals surface area contributed by atoms with E-state index in [1.54, 1.807) is 6.07 Å². The number of piperidine rings is 1. The molecule has 6 rings (SSSR count). The third kappa shape index (κ3) is 4.02. The minimum Gasteiger partial charge on any atom is -0.478 e. The van der Waals surface area contributed by atoms with E-state index in [-0.39, 0.29) is 12.0 Å². The molecule has 3 heterocycles. The molecule has 4 fully saturated rings. The van der Waals surface area contributed by atoms with Gasteiger partial charge in [-0.15, -0.1) is 0 Å². The molecular formula is C28H38N2O4. The van der Waals surface area contributed by atoms with Crippen LogP contribution in [0.15, 0.2) is 18.2 Å². The number of amides is 1.